The van der Waals surface area contributed by atoms with Gasteiger partial charge in [0.05, 0.1) is 6.61 Å². The van der Waals surface area contributed by atoms with Gasteiger partial charge in [0.2, 0.25) is 0 Å². The summed E-state index contributed by atoms with van der Waals surface area (Å²) in [7, 11) is 0. The summed E-state index contributed by atoms with van der Waals surface area (Å²) in [6, 6.07) is 0. The molecule has 1 saturated heterocycles. The van der Waals surface area contributed by atoms with Crippen LogP contribution in [0.1, 0.15) is 6.92 Å². The van der Waals surface area contributed by atoms with Crippen LogP contribution in [-0.4, -0.2) is 18.4 Å². The van der Waals surface area contributed by atoms with E-state index in [9.17, 15) is 0 Å². The van der Waals surface area contributed by atoms with Gasteiger partial charge in [-0.3, -0.25) is 0 Å². The summed E-state index contributed by atoms with van der Waals surface area (Å²) in [5.74, 6) is 0. The lowest BCUT2D eigenvalue weighted by Gasteiger charge is -1.89. The Labute approximate surface area is 60.7 Å². The third kappa shape index (κ3) is 2.15. The summed E-state index contributed by atoms with van der Waals surface area (Å²) < 4.78 is 4.98. The molecule has 0 aromatic carbocycles. The molecule has 2 nitrogen and oxygen atoms in total. The smallest absolute Gasteiger partial charge is 0.105 e. The first-order chi connectivity index (χ1) is 4.70. The SMILES string of the molecule is C=C(/C=C\C(C)=N)C1CO1. The van der Waals surface area contributed by atoms with Gasteiger partial charge in [0.1, 0.15) is 6.10 Å². The van der Waals surface area contributed by atoms with Crippen LogP contribution < -0.4 is 0 Å². The normalized spacial score (nSPS) is 23.1. The Hall–Kier alpha value is -0.890. The summed E-state index contributed by atoms with van der Waals surface area (Å²) >= 11 is 0. The fraction of sp³-hybridized carbons (Fsp3) is 0.375. The molecule has 1 heterocycles. The Morgan fingerprint density at radius 1 is 1.70 bits per heavy atom. The van der Waals surface area contributed by atoms with Crippen molar-refractivity contribution in [2.75, 3.05) is 6.61 Å². The van der Waals surface area contributed by atoms with E-state index in [1.165, 1.54) is 0 Å². The molecule has 0 aliphatic carbocycles. The highest BCUT2D eigenvalue weighted by Crippen LogP contribution is 2.18. The molecule has 0 aromatic rings. The highest BCUT2D eigenvalue weighted by atomic mass is 16.6. The predicted octanol–water partition coefficient (Wildman–Crippen LogP) is 1.54. The summed E-state index contributed by atoms with van der Waals surface area (Å²) in [6.07, 6.45) is 3.79. The molecule has 0 spiro atoms. The minimum Gasteiger partial charge on any atom is -0.368 e. The van der Waals surface area contributed by atoms with Gasteiger partial charge in [0, 0.05) is 5.71 Å². The standard InChI is InChI=1S/C8H11NO/c1-6(8-5-10-8)3-4-7(2)9/h3-4,8-9H,1,5H2,2H3/b4-3-,9-7?. The molecular weight excluding hydrogens is 126 g/mol. The van der Waals surface area contributed by atoms with Crippen LogP contribution >= 0.6 is 0 Å². The van der Waals surface area contributed by atoms with Crippen molar-refractivity contribution in [2.45, 2.75) is 13.0 Å². The molecule has 1 unspecified atom stereocenters. The lowest BCUT2D eigenvalue weighted by molar-refractivity contribution is 0.435. The minimum atomic E-state index is 0.232. The van der Waals surface area contributed by atoms with Crippen LogP contribution in [0.2, 0.25) is 0 Å². The number of hydrogen-bond donors (Lipinski definition) is 1. The fourth-order valence-electron chi connectivity index (χ4n) is 0.602. The molecule has 1 fully saturated rings. The molecule has 54 valence electrons. The number of ether oxygens (including phenoxy) is 1. The van der Waals surface area contributed by atoms with Gasteiger partial charge in [-0.2, -0.15) is 0 Å². The highest BCUT2D eigenvalue weighted by molar-refractivity contribution is 5.90. The van der Waals surface area contributed by atoms with Gasteiger partial charge in [0.15, 0.2) is 0 Å². The Kier molecular flexibility index (Phi) is 2.02. The number of epoxide rings is 1. The first kappa shape index (κ1) is 7.22. The third-order valence-corrected chi connectivity index (χ3v) is 1.29. The Bertz CT molecular complexity index is 189. The van der Waals surface area contributed by atoms with Gasteiger partial charge in [-0.15, -0.1) is 0 Å². The molecule has 1 aliphatic heterocycles. The summed E-state index contributed by atoms with van der Waals surface area (Å²) in [5.41, 5.74) is 1.51. The molecule has 1 rings (SSSR count). The molecule has 0 bridgehead atoms. The van der Waals surface area contributed by atoms with Gasteiger partial charge in [-0.25, -0.2) is 0 Å². The maximum atomic E-state index is 7.08. The molecule has 1 atom stereocenters. The van der Waals surface area contributed by atoms with Crippen molar-refractivity contribution in [1.82, 2.24) is 0 Å². The average Bonchev–Trinajstić information content (AvgIpc) is 2.63. The molecule has 0 aromatic heterocycles. The summed E-state index contributed by atoms with van der Waals surface area (Å²) in [4.78, 5) is 0. The van der Waals surface area contributed by atoms with Crippen molar-refractivity contribution in [3.8, 4) is 0 Å². The lowest BCUT2D eigenvalue weighted by Crippen LogP contribution is -1.87. The van der Waals surface area contributed by atoms with Crippen molar-refractivity contribution in [1.29, 1.82) is 5.41 Å². The monoisotopic (exact) mass is 137 g/mol. The number of hydrogen-bond acceptors (Lipinski definition) is 2. The molecular formula is C8H11NO. The van der Waals surface area contributed by atoms with Crippen molar-refractivity contribution < 1.29 is 4.74 Å². The van der Waals surface area contributed by atoms with E-state index >= 15 is 0 Å². The zero-order valence-corrected chi connectivity index (χ0v) is 6.05. The van der Waals surface area contributed by atoms with Crippen molar-refractivity contribution in [3.05, 3.63) is 24.3 Å². The van der Waals surface area contributed by atoms with E-state index in [0.29, 0.717) is 5.71 Å². The van der Waals surface area contributed by atoms with Gasteiger partial charge < -0.3 is 10.1 Å². The van der Waals surface area contributed by atoms with E-state index in [1.807, 2.05) is 6.08 Å². The van der Waals surface area contributed by atoms with Crippen molar-refractivity contribution in [2.24, 2.45) is 0 Å². The largest absolute Gasteiger partial charge is 0.368 e. The Morgan fingerprint density at radius 2 is 2.30 bits per heavy atom. The minimum absolute atomic E-state index is 0.232. The van der Waals surface area contributed by atoms with Crippen molar-refractivity contribution in [3.63, 3.8) is 0 Å². The maximum Gasteiger partial charge on any atom is 0.105 e. The second kappa shape index (κ2) is 2.80. The van der Waals surface area contributed by atoms with Gasteiger partial charge >= 0.3 is 0 Å². The van der Waals surface area contributed by atoms with E-state index in [1.54, 1.807) is 13.0 Å². The molecule has 0 radical (unpaired) electrons. The molecule has 0 amide bonds. The van der Waals surface area contributed by atoms with E-state index in [4.69, 9.17) is 10.1 Å². The quantitative estimate of drug-likeness (QED) is 0.357. The second-order valence-corrected chi connectivity index (χ2v) is 2.41. The molecule has 2 heteroatoms. The number of nitrogens with one attached hydrogen (secondary N) is 1. The first-order valence-electron chi connectivity index (χ1n) is 3.24. The summed E-state index contributed by atoms with van der Waals surface area (Å²) in [6.45, 7) is 6.31. The van der Waals surface area contributed by atoms with Crippen molar-refractivity contribution >= 4 is 5.71 Å². The van der Waals surface area contributed by atoms with Crippen LogP contribution in [0.15, 0.2) is 24.3 Å². The molecule has 1 aliphatic rings. The first-order valence-corrected chi connectivity index (χ1v) is 3.24. The van der Waals surface area contributed by atoms with Crippen LogP contribution in [0.5, 0.6) is 0 Å². The fourth-order valence-corrected chi connectivity index (χ4v) is 0.602. The van der Waals surface area contributed by atoms with E-state index in [0.717, 1.165) is 12.2 Å². The summed E-state index contributed by atoms with van der Waals surface area (Å²) in [5, 5.41) is 7.08. The average molecular weight is 137 g/mol. The zero-order chi connectivity index (χ0) is 7.56. The molecule has 0 saturated carbocycles. The van der Waals surface area contributed by atoms with Crippen LogP contribution in [0.3, 0.4) is 0 Å². The molecule has 10 heavy (non-hydrogen) atoms. The van der Waals surface area contributed by atoms with Gasteiger partial charge in [-0.05, 0) is 18.6 Å². The molecule has 1 N–H and O–H groups in total. The predicted molar refractivity (Wildman–Crippen MR) is 41.4 cm³/mol. The highest BCUT2D eigenvalue weighted by Gasteiger charge is 2.23. The lowest BCUT2D eigenvalue weighted by atomic mass is 10.2. The Balaban J connectivity index is 2.36. The topological polar surface area (TPSA) is 36.4 Å². The van der Waals surface area contributed by atoms with Gasteiger partial charge in [-0.1, -0.05) is 12.7 Å². The second-order valence-electron chi connectivity index (χ2n) is 2.41. The van der Waals surface area contributed by atoms with E-state index in [-0.39, 0.29) is 6.10 Å². The number of rotatable bonds is 3. The van der Waals surface area contributed by atoms with Crippen LogP contribution in [0.4, 0.5) is 0 Å². The van der Waals surface area contributed by atoms with E-state index in [2.05, 4.69) is 6.58 Å². The third-order valence-electron chi connectivity index (χ3n) is 1.29. The Morgan fingerprint density at radius 3 is 2.70 bits per heavy atom. The van der Waals surface area contributed by atoms with Gasteiger partial charge in [0.25, 0.3) is 0 Å². The van der Waals surface area contributed by atoms with Crippen LogP contribution in [0, 0.1) is 5.41 Å². The van der Waals surface area contributed by atoms with E-state index < -0.39 is 0 Å². The maximum absolute atomic E-state index is 7.08. The number of allylic oxidation sites excluding steroid dienone is 1. The van der Waals surface area contributed by atoms with Crippen LogP contribution in [-0.2, 0) is 4.74 Å². The van der Waals surface area contributed by atoms with Crippen LogP contribution in [0.25, 0.3) is 0 Å². The zero-order valence-electron chi connectivity index (χ0n) is 6.05.